The Kier molecular flexibility index (Phi) is 5.22. The number of fused-ring (bicyclic) bond motifs is 2. The molecule has 0 spiro atoms. The predicted molar refractivity (Wildman–Crippen MR) is 116 cm³/mol. The van der Waals surface area contributed by atoms with Crippen LogP contribution in [0.4, 0.5) is 17.1 Å². The molecular weight excluding hydrogens is 380 g/mol. The largest absolute Gasteiger partial charge is 0.396 e. The molecule has 4 rings (SSSR count). The molecule has 0 fully saturated rings. The lowest BCUT2D eigenvalue weighted by Crippen LogP contribution is -2.43. The van der Waals surface area contributed by atoms with Gasteiger partial charge in [-0.3, -0.25) is 14.5 Å². The second kappa shape index (κ2) is 7.70. The minimum atomic E-state index is -1.73. The van der Waals surface area contributed by atoms with Crippen molar-refractivity contribution < 1.29 is 19.8 Å². The van der Waals surface area contributed by atoms with Crippen molar-refractivity contribution in [2.75, 3.05) is 23.5 Å². The van der Waals surface area contributed by atoms with Gasteiger partial charge in [0.1, 0.15) is 0 Å². The van der Waals surface area contributed by atoms with Crippen molar-refractivity contribution in [2.24, 2.45) is 5.92 Å². The van der Waals surface area contributed by atoms with Gasteiger partial charge in [0, 0.05) is 37.2 Å². The molecule has 2 aromatic carbocycles. The van der Waals surface area contributed by atoms with Crippen LogP contribution in [0, 0.1) is 5.92 Å². The summed E-state index contributed by atoms with van der Waals surface area (Å²) in [7, 11) is 1.64. The highest BCUT2D eigenvalue weighted by molar-refractivity contribution is 6.08. The normalized spacial score (nSPS) is 21.9. The summed E-state index contributed by atoms with van der Waals surface area (Å²) in [5.41, 5.74) is 1.96. The van der Waals surface area contributed by atoms with E-state index in [1.165, 1.54) is 4.90 Å². The number of aliphatic hydroxyl groups is 2. The maximum atomic E-state index is 13.0. The molecule has 156 valence electrons. The Morgan fingerprint density at radius 3 is 2.67 bits per heavy atom. The first-order valence-corrected chi connectivity index (χ1v) is 10.2. The van der Waals surface area contributed by atoms with Gasteiger partial charge in [-0.15, -0.1) is 0 Å². The van der Waals surface area contributed by atoms with Crippen LogP contribution in [-0.4, -0.2) is 35.7 Å². The maximum Gasteiger partial charge on any atom is 0.264 e. The molecule has 6 nitrogen and oxygen atoms in total. The highest BCUT2D eigenvalue weighted by Gasteiger charge is 2.51. The Morgan fingerprint density at radius 2 is 1.90 bits per heavy atom. The number of likely N-dealkylation sites (N-methyl/N-ethyl adjacent to an activating group) is 1. The van der Waals surface area contributed by atoms with Gasteiger partial charge in [0.25, 0.3) is 5.91 Å². The van der Waals surface area contributed by atoms with Gasteiger partial charge in [-0.1, -0.05) is 37.3 Å². The van der Waals surface area contributed by atoms with Crippen LogP contribution in [0.5, 0.6) is 0 Å². The average Bonchev–Trinajstić information content (AvgIpc) is 2.95. The van der Waals surface area contributed by atoms with Crippen molar-refractivity contribution in [3.63, 3.8) is 0 Å². The lowest BCUT2D eigenvalue weighted by atomic mass is 9.82. The smallest absolute Gasteiger partial charge is 0.264 e. The second-order valence-corrected chi connectivity index (χ2v) is 7.92. The number of aliphatic hydroxyl groups excluding tert-OH is 1. The molecule has 2 N–H and O–H groups in total. The summed E-state index contributed by atoms with van der Waals surface area (Å²) < 4.78 is 0. The number of amides is 2. The molecule has 0 saturated carbocycles. The Labute approximate surface area is 176 Å². The molecule has 0 radical (unpaired) electrons. The zero-order valence-corrected chi connectivity index (χ0v) is 17.2. The molecule has 2 aliphatic heterocycles. The molecule has 2 atom stereocenters. The first-order valence-electron chi connectivity index (χ1n) is 10.2. The summed E-state index contributed by atoms with van der Waals surface area (Å²) in [5.74, 6) is -0.910. The highest BCUT2D eigenvalue weighted by Crippen LogP contribution is 2.47. The number of carbonyl (C=O) groups is 2. The molecule has 30 heavy (non-hydrogen) atoms. The van der Waals surface area contributed by atoms with Crippen LogP contribution in [-0.2, 0) is 21.6 Å². The molecule has 2 aromatic rings. The van der Waals surface area contributed by atoms with E-state index in [1.54, 1.807) is 43.2 Å². The van der Waals surface area contributed by atoms with E-state index in [0.29, 0.717) is 36.2 Å². The van der Waals surface area contributed by atoms with Gasteiger partial charge in [-0.2, -0.15) is 0 Å². The number of aryl methyl sites for hydroxylation is 1. The summed E-state index contributed by atoms with van der Waals surface area (Å²) in [6.45, 7) is 1.79. The quantitative estimate of drug-likeness (QED) is 0.748. The van der Waals surface area contributed by atoms with E-state index < -0.39 is 17.4 Å². The fraction of sp³-hybridized carbons (Fsp3) is 0.333. The molecule has 6 heteroatoms. The van der Waals surface area contributed by atoms with Crippen LogP contribution >= 0.6 is 0 Å². The minimum absolute atomic E-state index is 0.00666. The number of carbonyl (C=O) groups excluding carboxylic acids is 2. The Balaban J connectivity index is 1.81. The van der Waals surface area contributed by atoms with Gasteiger partial charge in [-0.25, -0.2) is 0 Å². The van der Waals surface area contributed by atoms with Crippen molar-refractivity contribution in [3.05, 3.63) is 65.7 Å². The summed E-state index contributed by atoms with van der Waals surface area (Å²) in [5, 5.41) is 20.5. The first kappa shape index (κ1) is 20.3. The molecule has 0 aromatic heterocycles. The average molecular weight is 406 g/mol. The summed E-state index contributed by atoms with van der Waals surface area (Å²) in [6.07, 6.45) is 5.09. The second-order valence-electron chi connectivity index (χ2n) is 7.92. The van der Waals surface area contributed by atoms with E-state index in [1.807, 2.05) is 30.3 Å². The first-order chi connectivity index (χ1) is 14.4. The highest BCUT2D eigenvalue weighted by atomic mass is 16.3. The van der Waals surface area contributed by atoms with Crippen molar-refractivity contribution in [2.45, 2.75) is 31.8 Å². The number of nitrogens with zero attached hydrogens (tertiary/aromatic N) is 2. The van der Waals surface area contributed by atoms with E-state index in [9.17, 15) is 14.7 Å². The van der Waals surface area contributed by atoms with Crippen LogP contribution in [0.3, 0.4) is 0 Å². The number of anilines is 3. The van der Waals surface area contributed by atoms with Crippen LogP contribution in [0.1, 0.15) is 30.9 Å². The van der Waals surface area contributed by atoms with E-state index in [2.05, 4.69) is 0 Å². The Morgan fingerprint density at radius 1 is 1.13 bits per heavy atom. The van der Waals surface area contributed by atoms with Crippen LogP contribution in [0.25, 0.3) is 0 Å². The topological polar surface area (TPSA) is 81.1 Å². The van der Waals surface area contributed by atoms with E-state index >= 15 is 0 Å². The van der Waals surface area contributed by atoms with Gasteiger partial charge in [0.15, 0.2) is 5.60 Å². The monoisotopic (exact) mass is 406 g/mol. The fourth-order valence-corrected chi connectivity index (χ4v) is 4.41. The van der Waals surface area contributed by atoms with Gasteiger partial charge in [0.2, 0.25) is 5.91 Å². The van der Waals surface area contributed by atoms with Gasteiger partial charge >= 0.3 is 0 Å². The van der Waals surface area contributed by atoms with E-state index in [4.69, 9.17) is 5.11 Å². The van der Waals surface area contributed by atoms with Gasteiger partial charge in [0.05, 0.1) is 11.4 Å². The molecular formula is C24H26N2O4. The van der Waals surface area contributed by atoms with Crippen molar-refractivity contribution in [1.29, 1.82) is 0 Å². The van der Waals surface area contributed by atoms with Crippen molar-refractivity contribution >= 4 is 28.9 Å². The molecule has 2 heterocycles. The Hall–Kier alpha value is -2.96. The zero-order chi connectivity index (χ0) is 21.5. The molecule has 2 amide bonds. The van der Waals surface area contributed by atoms with Gasteiger partial charge in [-0.05, 0) is 42.7 Å². The molecule has 0 bridgehead atoms. The van der Waals surface area contributed by atoms with Crippen molar-refractivity contribution in [3.8, 4) is 0 Å². The van der Waals surface area contributed by atoms with Crippen LogP contribution in [0.15, 0.2) is 54.6 Å². The van der Waals surface area contributed by atoms with E-state index in [0.717, 1.165) is 11.3 Å². The maximum absolute atomic E-state index is 13.0. The fourth-order valence-electron chi connectivity index (χ4n) is 4.41. The van der Waals surface area contributed by atoms with Crippen LogP contribution < -0.4 is 9.80 Å². The van der Waals surface area contributed by atoms with Crippen LogP contribution in [0.2, 0.25) is 0 Å². The summed E-state index contributed by atoms with van der Waals surface area (Å²) in [4.78, 5) is 29.0. The molecule has 0 aliphatic carbocycles. The number of rotatable bonds is 5. The summed E-state index contributed by atoms with van der Waals surface area (Å²) >= 11 is 0. The molecule has 0 unspecified atom stereocenters. The zero-order valence-electron chi connectivity index (χ0n) is 17.2. The SMILES string of the molecule is C[C@@H](/C=C/CCO)[C@]1(O)C(=O)N(C)c2ccc(N3C(=O)CCc4ccccc43)cc21. The number of para-hydroxylation sites is 1. The number of hydrogen-bond acceptors (Lipinski definition) is 4. The minimum Gasteiger partial charge on any atom is -0.396 e. The third-order valence-electron chi connectivity index (χ3n) is 6.11. The van der Waals surface area contributed by atoms with E-state index in [-0.39, 0.29) is 12.5 Å². The standard InChI is InChI=1S/C24H26N2O4/c1-16(7-5-6-14-27)24(30)19-15-18(11-12-21(19)25(2)23(24)29)26-20-9-4-3-8-17(20)10-13-22(26)28/h3-5,7-9,11-12,15-16,27,30H,6,10,13-14H2,1-2H3/b7-5+/t16-,24+/m0/s1. The third kappa shape index (κ3) is 3.04. The lowest BCUT2D eigenvalue weighted by molar-refractivity contribution is -0.139. The Bertz CT molecular complexity index is 1030. The third-order valence-corrected chi connectivity index (χ3v) is 6.11. The lowest BCUT2D eigenvalue weighted by Gasteiger charge is -2.31. The number of benzene rings is 2. The summed E-state index contributed by atoms with van der Waals surface area (Å²) in [6, 6.07) is 13.2. The van der Waals surface area contributed by atoms with Gasteiger partial charge < -0.3 is 15.1 Å². The molecule has 2 aliphatic rings. The molecule has 0 saturated heterocycles. The predicted octanol–water partition coefficient (Wildman–Crippen LogP) is 3.04. The number of hydrogen-bond donors (Lipinski definition) is 2. The van der Waals surface area contributed by atoms with Crippen molar-refractivity contribution in [1.82, 2.24) is 0 Å².